The Bertz CT molecular complexity index is 655. The smallest absolute Gasteiger partial charge is 0.123 e. The Labute approximate surface area is 147 Å². The summed E-state index contributed by atoms with van der Waals surface area (Å²) in [6.07, 6.45) is 1.46. The van der Waals surface area contributed by atoms with E-state index in [9.17, 15) is 9.50 Å². The molecule has 1 N–H and O–H groups in total. The van der Waals surface area contributed by atoms with Crippen LogP contribution in [-0.4, -0.2) is 77.2 Å². The van der Waals surface area contributed by atoms with Gasteiger partial charge in [-0.05, 0) is 37.4 Å². The van der Waals surface area contributed by atoms with Crippen LogP contribution >= 0.6 is 0 Å². The first-order valence-electron chi connectivity index (χ1n) is 8.57. The highest BCUT2D eigenvalue weighted by atomic mass is 19.1. The summed E-state index contributed by atoms with van der Waals surface area (Å²) < 4.78 is 20.0. The molecule has 3 rings (SSSR count). The lowest BCUT2D eigenvalue weighted by Gasteiger charge is -2.29. The van der Waals surface area contributed by atoms with Crippen LogP contribution in [0.5, 0.6) is 0 Å². The molecular formula is C18H25FN4O2. The molecule has 1 atom stereocenters. The van der Waals surface area contributed by atoms with Crippen LogP contribution in [0, 0.1) is 5.82 Å². The number of aromatic nitrogens is 2. The summed E-state index contributed by atoms with van der Waals surface area (Å²) >= 11 is 0. The van der Waals surface area contributed by atoms with Crippen molar-refractivity contribution in [2.24, 2.45) is 0 Å². The van der Waals surface area contributed by atoms with Gasteiger partial charge in [-0.15, -0.1) is 0 Å². The molecule has 1 fully saturated rings. The number of likely N-dealkylation sites (N-methyl/N-ethyl adjacent to an activating group) is 1. The fourth-order valence-corrected chi connectivity index (χ4v) is 3.02. The SMILES string of the molecule is CN(Cc1ccn(-c2ccc(F)cc2)n1)CC(O)CN1CCOCC1. The third-order valence-electron chi connectivity index (χ3n) is 4.26. The Hall–Kier alpha value is -1.80. The van der Waals surface area contributed by atoms with Crippen molar-refractivity contribution < 1.29 is 14.2 Å². The van der Waals surface area contributed by atoms with E-state index in [1.54, 1.807) is 16.8 Å². The van der Waals surface area contributed by atoms with Crippen LogP contribution in [0.1, 0.15) is 5.69 Å². The maximum atomic E-state index is 13.0. The van der Waals surface area contributed by atoms with Gasteiger partial charge in [0, 0.05) is 38.9 Å². The van der Waals surface area contributed by atoms with Gasteiger partial charge in [-0.1, -0.05) is 0 Å². The van der Waals surface area contributed by atoms with E-state index in [-0.39, 0.29) is 5.82 Å². The highest BCUT2D eigenvalue weighted by Crippen LogP contribution is 2.10. The summed E-state index contributed by atoms with van der Waals surface area (Å²) in [5.74, 6) is -0.259. The Morgan fingerprint density at radius 2 is 1.96 bits per heavy atom. The Morgan fingerprint density at radius 1 is 1.24 bits per heavy atom. The number of hydrogen-bond donors (Lipinski definition) is 1. The number of aliphatic hydroxyl groups excluding tert-OH is 1. The monoisotopic (exact) mass is 348 g/mol. The van der Waals surface area contributed by atoms with E-state index in [0.29, 0.717) is 19.6 Å². The van der Waals surface area contributed by atoms with Crippen molar-refractivity contribution in [3.05, 3.63) is 48.0 Å². The van der Waals surface area contributed by atoms with Gasteiger partial charge in [-0.25, -0.2) is 9.07 Å². The molecule has 2 aromatic rings. The summed E-state index contributed by atoms with van der Waals surface area (Å²) in [5.41, 5.74) is 1.73. The molecule has 6 nitrogen and oxygen atoms in total. The average molecular weight is 348 g/mol. The first kappa shape index (κ1) is 18.0. The van der Waals surface area contributed by atoms with E-state index in [2.05, 4.69) is 14.9 Å². The third kappa shape index (κ3) is 5.34. The number of rotatable bonds is 7. The van der Waals surface area contributed by atoms with Crippen molar-refractivity contribution in [1.82, 2.24) is 19.6 Å². The summed E-state index contributed by atoms with van der Waals surface area (Å²) in [4.78, 5) is 4.29. The minimum Gasteiger partial charge on any atom is -0.390 e. The number of β-amino-alcohol motifs (C(OH)–C–C–N with tert-alkyl or cyclic N) is 1. The van der Waals surface area contributed by atoms with Crippen LogP contribution in [0.4, 0.5) is 4.39 Å². The summed E-state index contributed by atoms with van der Waals surface area (Å²) in [6.45, 7) is 5.13. The van der Waals surface area contributed by atoms with E-state index in [1.807, 2.05) is 19.3 Å². The first-order chi connectivity index (χ1) is 12.1. The van der Waals surface area contributed by atoms with Crippen LogP contribution in [0.2, 0.25) is 0 Å². The minimum absolute atomic E-state index is 0.259. The van der Waals surface area contributed by atoms with Crippen LogP contribution in [0.3, 0.4) is 0 Å². The zero-order valence-electron chi connectivity index (χ0n) is 14.5. The first-order valence-corrected chi connectivity index (χ1v) is 8.57. The van der Waals surface area contributed by atoms with Gasteiger partial charge in [-0.3, -0.25) is 9.80 Å². The normalized spacial score (nSPS) is 17.1. The number of benzene rings is 1. The van der Waals surface area contributed by atoms with Crippen LogP contribution < -0.4 is 0 Å². The Balaban J connectivity index is 1.49. The molecule has 136 valence electrons. The Morgan fingerprint density at radius 3 is 2.68 bits per heavy atom. The summed E-state index contributed by atoms with van der Waals surface area (Å²) in [5, 5.41) is 14.8. The molecule has 2 heterocycles. The number of morpholine rings is 1. The average Bonchev–Trinajstić information content (AvgIpc) is 3.04. The van der Waals surface area contributed by atoms with Crippen molar-refractivity contribution in [2.75, 3.05) is 46.4 Å². The van der Waals surface area contributed by atoms with Crippen LogP contribution in [0.15, 0.2) is 36.5 Å². The molecule has 1 aromatic heterocycles. The lowest BCUT2D eigenvalue weighted by Crippen LogP contribution is -2.44. The van der Waals surface area contributed by atoms with Crippen molar-refractivity contribution in [2.45, 2.75) is 12.6 Å². The van der Waals surface area contributed by atoms with E-state index < -0.39 is 6.10 Å². The van der Waals surface area contributed by atoms with Crippen LogP contribution in [-0.2, 0) is 11.3 Å². The number of hydrogen-bond acceptors (Lipinski definition) is 5. The van der Waals surface area contributed by atoms with Gasteiger partial charge in [0.05, 0.1) is 30.7 Å². The Kier molecular flexibility index (Phi) is 6.14. The van der Waals surface area contributed by atoms with E-state index in [0.717, 1.165) is 37.7 Å². The predicted octanol–water partition coefficient (Wildman–Crippen LogP) is 1.14. The second-order valence-corrected chi connectivity index (χ2v) is 6.49. The number of nitrogens with zero attached hydrogens (tertiary/aromatic N) is 4. The van der Waals surface area contributed by atoms with Crippen molar-refractivity contribution in [3.8, 4) is 5.69 Å². The second-order valence-electron chi connectivity index (χ2n) is 6.49. The van der Waals surface area contributed by atoms with Crippen LogP contribution in [0.25, 0.3) is 5.69 Å². The fourth-order valence-electron chi connectivity index (χ4n) is 3.02. The quantitative estimate of drug-likeness (QED) is 0.813. The second kappa shape index (κ2) is 8.53. The molecule has 1 saturated heterocycles. The molecule has 7 heteroatoms. The van der Waals surface area contributed by atoms with Gasteiger partial charge in [0.15, 0.2) is 0 Å². The molecule has 25 heavy (non-hydrogen) atoms. The maximum Gasteiger partial charge on any atom is 0.123 e. The molecule has 0 radical (unpaired) electrons. The highest BCUT2D eigenvalue weighted by molar-refractivity contribution is 5.31. The van der Waals surface area contributed by atoms with E-state index in [4.69, 9.17) is 4.74 Å². The predicted molar refractivity (Wildman–Crippen MR) is 93.1 cm³/mol. The lowest BCUT2D eigenvalue weighted by molar-refractivity contribution is 0.00818. The summed E-state index contributed by atoms with van der Waals surface area (Å²) in [6, 6.07) is 8.17. The molecular weight excluding hydrogens is 323 g/mol. The largest absolute Gasteiger partial charge is 0.390 e. The minimum atomic E-state index is -0.401. The topological polar surface area (TPSA) is 53.8 Å². The third-order valence-corrected chi connectivity index (χ3v) is 4.26. The molecule has 0 saturated carbocycles. The van der Waals surface area contributed by atoms with E-state index >= 15 is 0 Å². The fraction of sp³-hybridized carbons (Fsp3) is 0.500. The van der Waals surface area contributed by atoms with Gasteiger partial charge >= 0.3 is 0 Å². The lowest BCUT2D eigenvalue weighted by atomic mass is 10.2. The molecule has 0 amide bonds. The van der Waals surface area contributed by atoms with Gasteiger partial charge in [0.2, 0.25) is 0 Å². The van der Waals surface area contributed by atoms with E-state index in [1.165, 1.54) is 12.1 Å². The molecule has 1 unspecified atom stereocenters. The van der Waals surface area contributed by atoms with Crippen molar-refractivity contribution in [3.63, 3.8) is 0 Å². The molecule has 1 aromatic carbocycles. The molecule has 0 spiro atoms. The van der Waals surface area contributed by atoms with Crippen molar-refractivity contribution >= 4 is 0 Å². The molecule has 1 aliphatic rings. The molecule has 0 bridgehead atoms. The summed E-state index contributed by atoms with van der Waals surface area (Å²) in [7, 11) is 1.97. The maximum absolute atomic E-state index is 13.0. The molecule has 0 aliphatic carbocycles. The van der Waals surface area contributed by atoms with Gasteiger partial charge in [0.25, 0.3) is 0 Å². The van der Waals surface area contributed by atoms with Gasteiger partial charge in [0.1, 0.15) is 5.82 Å². The van der Waals surface area contributed by atoms with Crippen molar-refractivity contribution in [1.29, 1.82) is 0 Å². The standard InChI is InChI=1S/C18H25FN4O2/c1-21(13-18(24)14-22-8-10-25-11-9-22)12-16-6-7-23(20-16)17-4-2-15(19)3-5-17/h2-7,18,24H,8-14H2,1H3. The van der Waals surface area contributed by atoms with Gasteiger partial charge < -0.3 is 9.84 Å². The molecule has 1 aliphatic heterocycles. The van der Waals surface area contributed by atoms with Gasteiger partial charge in [-0.2, -0.15) is 5.10 Å². The zero-order chi connectivity index (χ0) is 17.6. The highest BCUT2D eigenvalue weighted by Gasteiger charge is 2.16. The number of aliphatic hydroxyl groups is 1. The zero-order valence-corrected chi connectivity index (χ0v) is 14.5. The number of ether oxygens (including phenoxy) is 1. The number of halogens is 1.